The van der Waals surface area contributed by atoms with E-state index in [2.05, 4.69) is 25.1 Å². The van der Waals surface area contributed by atoms with Gasteiger partial charge in [0.25, 0.3) is 0 Å². The van der Waals surface area contributed by atoms with Crippen LogP contribution >= 0.6 is 23.3 Å². The van der Waals surface area contributed by atoms with Gasteiger partial charge in [-0.1, -0.05) is 23.5 Å². The largest absolute Gasteiger partial charge is 0.488 e. The maximum atomic E-state index is 9.68. The van der Waals surface area contributed by atoms with Crippen LogP contribution in [0.3, 0.4) is 0 Å². The second-order valence-corrected chi connectivity index (χ2v) is 8.39. The van der Waals surface area contributed by atoms with Crippen molar-refractivity contribution >= 4 is 45.1 Å². The maximum absolute atomic E-state index is 9.68. The Kier molecular flexibility index (Phi) is 5.69. The highest BCUT2D eigenvalue weighted by molar-refractivity contribution is 7.99. The normalized spacial score (nSPS) is 19.9. The van der Waals surface area contributed by atoms with E-state index in [1.54, 1.807) is 12.4 Å². The van der Waals surface area contributed by atoms with E-state index in [9.17, 15) is 5.11 Å². The number of nitrogens with one attached hydrogen (secondary N) is 2. The third-order valence-corrected chi connectivity index (χ3v) is 5.98. The molecule has 142 valence electrons. The van der Waals surface area contributed by atoms with Crippen LogP contribution in [0.2, 0.25) is 0 Å². The van der Waals surface area contributed by atoms with Gasteiger partial charge in [-0.2, -0.15) is 4.83 Å². The van der Waals surface area contributed by atoms with E-state index in [4.69, 9.17) is 10.6 Å². The summed E-state index contributed by atoms with van der Waals surface area (Å²) in [4.78, 5) is 15.8. The summed E-state index contributed by atoms with van der Waals surface area (Å²) in [5.74, 6) is 6.52. The number of hydrogen-bond acceptors (Lipinski definition) is 10. The number of benzene rings is 1. The van der Waals surface area contributed by atoms with E-state index in [-0.39, 0.29) is 12.2 Å². The van der Waals surface area contributed by atoms with E-state index >= 15 is 0 Å². The van der Waals surface area contributed by atoms with Gasteiger partial charge in [-0.15, -0.1) is 0 Å². The number of aromatic nitrogens is 3. The molecule has 27 heavy (non-hydrogen) atoms. The van der Waals surface area contributed by atoms with Crippen LogP contribution in [-0.2, 0) is 0 Å². The summed E-state index contributed by atoms with van der Waals surface area (Å²) in [6.45, 7) is 0. The lowest BCUT2D eigenvalue weighted by Gasteiger charge is -2.26. The highest BCUT2D eigenvalue weighted by Crippen LogP contribution is 2.31. The first-order valence-corrected chi connectivity index (χ1v) is 10.3. The number of nitrogens with zero attached hydrogens (tertiary/aromatic N) is 3. The molecule has 1 aliphatic carbocycles. The molecular weight excluding hydrogens is 384 g/mol. The number of anilines is 2. The lowest BCUT2D eigenvalue weighted by molar-refractivity contribution is 0.0672. The number of hydrazine groups is 1. The van der Waals surface area contributed by atoms with E-state index < -0.39 is 0 Å². The first kappa shape index (κ1) is 18.4. The van der Waals surface area contributed by atoms with Crippen LogP contribution in [0.15, 0.2) is 34.9 Å². The van der Waals surface area contributed by atoms with Crippen LogP contribution in [-0.4, -0.2) is 32.3 Å². The third-order valence-electron chi connectivity index (χ3n) is 4.38. The SMILES string of the molecule is NNSc1ncc(Nc2ncc3cccc(OC4CCC(O)CC4)c3n2)s1. The molecular formula is C17H20N6O2S2. The molecule has 4 rings (SSSR count). The Labute approximate surface area is 164 Å². The number of rotatable bonds is 6. The Morgan fingerprint density at radius 2 is 2.04 bits per heavy atom. The summed E-state index contributed by atoms with van der Waals surface area (Å²) in [6, 6.07) is 5.84. The Morgan fingerprint density at radius 1 is 1.19 bits per heavy atom. The number of thiazole rings is 1. The first-order valence-electron chi connectivity index (χ1n) is 8.67. The molecule has 0 spiro atoms. The van der Waals surface area contributed by atoms with Gasteiger partial charge in [0.15, 0.2) is 4.34 Å². The second-order valence-electron chi connectivity index (χ2n) is 6.27. The zero-order valence-electron chi connectivity index (χ0n) is 14.5. The summed E-state index contributed by atoms with van der Waals surface area (Å²) in [5.41, 5.74) is 0.767. The summed E-state index contributed by atoms with van der Waals surface area (Å²) in [5, 5.41) is 14.6. The van der Waals surface area contributed by atoms with Gasteiger partial charge in [0.1, 0.15) is 16.3 Å². The van der Waals surface area contributed by atoms with Gasteiger partial charge >= 0.3 is 0 Å². The van der Waals surface area contributed by atoms with Gasteiger partial charge in [-0.05, 0) is 31.7 Å². The van der Waals surface area contributed by atoms with Crippen molar-refractivity contribution in [2.24, 2.45) is 5.84 Å². The first-order chi connectivity index (χ1) is 13.2. The average molecular weight is 405 g/mol. The Balaban J connectivity index is 1.54. The number of hydrogen-bond donors (Lipinski definition) is 4. The zero-order chi connectivity index (χ0) is 18.6. The van der Waals surface area contributed by atoms with Crippen molar-refractivity contribution in [1.82, 2.24) is 19.8 Å². The topological polar surface area (TPSA) is 118 Å². The smallest absolute Gasteiger partial charge is 0.228 e. The summed E-state index contributed by atoms with van der Waals surface area (Å²) >= 11 is 2.70. The van der Waals surface area contributed by atoms with E-state index in [0.717, 1.165) is 51.7 Å². The number of ether oxygens (including phenoxy) is 1. The Bertz CT molecular complexity index is 913. The van der Waals surface area contributed by atoms with Crippen LogP contribution in [0.25, 0.3) is 10.9 Å². The van der Waals surface area contributed by atoms with Crippen LogP contribution < -0.4 is 20.7 Å². The van der Waals surface area contributed by atoms with Crippen LogP contribution in [0.4, 0.5) is 10.9 Å². The molecule has 10 heteroatoms. The van der Waals surface area contributed by atoms with Crippen LogP contribution in [0.5, 0.6) is 5.75 Å². The number of nitrogens with two attached hydrogens (primary N) is 1. The lowest BCUT2D eigenvalue weighted by atomic mass is 9.95. The van der Waals surface area contributed by atoms with Crippen molar-refractivity contribution in [2.75, 3.05) is 5.32 Å². The molecule has 0 aliphatic heterocycles. The maximum Gasteiger partial charge on any atom is 0.228 e. The minimum Gasteiger partial charge on any atom is -0.488 e. The number of aliphatic hydroxyl groups excluding tert-OH is 1. The van der Waals surface area contributed by atoms with Crippen LogP contribution in [0.1, 0.15) is 25.7 Å². The molecule has 1 aliphatic rings. The fourth-order valence-electron chi connectivity index (χ4n) is 3.05. The van der Waals surface area contributed by atoms with Gasteiger partial charge in [-0.25, -0.2) is 15.0 Å². The molecule has 1 aromatic carbocycles. The molecule has 0 bridgehead atoms. The van der Waals surface area contributed by atoms with Crippen molar-refractivity contribution in [2.45, 2.75) is 42.2 Å². The molecule has 2 heterocycles. The molecule has 1 fully saturated rings. The Morgan fingerprint density at radius 3 is 2.85 bits per heavy atom. The van der Waals surface area contributed by atoms with Gasteiger partial charge in [0.05, 0.1) is 18.4 Å². The minimum absolute atomic E-state index is 0.107. The van der Waals surface area contributed by atoms with Gasteiger partial charge in [0.2, 0.25) is 5.95 Å². The predicted molar refractivity (Wildman–Crippen MR) is 107 cm³/mol. The minimum atomic E-state index is -0.201. The average Bonchev–Trinajstić information content (AvgIpc) is 3.11. The van der Waals surface area contributed by atoms with Crippen molar-refractivity contribution < 1.29 is 9.84 Å². The lowest BCUT2D eigenvalue weighted by Crippen LogP contribution is -2.26. The quantitative estimate of drug-likeness (QED) is 0.279. The fourth-order valence-corrected chi connectivity index (χ4v) is 4.38. The van der Waals surface area contributed by atoms with E-state index in [1.165, 1.54) is 23.3 Å². The second kappa shape index (κ2) is 8.36. The summed E-state index contributed by atoms with van der Waals surface area (Å²) < 4.78 is 6.99. The molecule has 1 saturated carbocycles. The molecule has 3 aromatic rings. The highest BCUT2D eigenvalue weighted by atomic mass is 32.2. The molecule has 8 nitrogen and oxygen atoms in total. The fraction of sp³-hybridized carbons (Fsp3) is 0.353. The summed E-state index contributed by atoms with van der Waals surface area (Å²) in [6.07, 6.45) is 6.66. The van der Waals surface area contributed by atoms with Crippen molar-refractivity contribution in [3.05, 3.63) is 30.6 Å². The molecule has 0 radical (unpaired) electrons. The van der Waals surface area contributed by atoms with E-state index in [1.807, 2.05) is 18.2 Å². The number of para-hydroxylation sites is 1. The van der Waals surface area contributed by atoms with Crippen molar-refractivity contribution in [3.8, 4) is 5.75 Å². The number of fused-ring (bicyclic) bond motifs is 1. The monoisotopic (exact) mass is 404 g/mol. The highest BCUT2D eigenvalue weighted by Gasteiger charge is 2.21. The summed E-state index contributed by atoms with van der Waals surface area (Å²) in [7, 11) is 0. The van der Waals surface area contributed by atoms with Gasteiger partial charge < -0.3 is 15.2 Å². The molecule has 0 unspecified atom stereocenters. The van der Waals surface area contributed by atoms with Gasteiger partial charge in [0, 0.05) is 23.5 Å². The van der Waals surface area contributed by atoms with Crippen molar-refractivity contribution in [3.63, 3.8) is 0 Å². The van der Waals surface area contributed by atoms with Crippen LogP contribution in [0, 0.1) is 0 Å². The predicted octanol–water partition coefficient (Wildman–Crippen LogP) is 2.98. The molecule has 5 N–H and O–H groups in total. The standard InChI is InChI=1S/C17H20N6O2S2/c18-23-27-17-20-9-14(26-17)21-16-19-8-10-2-1-3-13(15(10)22-16)25-12-6-4-11(24)5-7-12/h1-3,8-9,11-12,23-24H,4-7,18H2,(H,19,21,22). The van der Waals surface area contributed by atoms with Gasteiger partial charge in [-0.3, -0.25) is 5.84 Å². The molecule has 2 aromatic heterocycles. The molecule has 0 atom stereocenters. The van der Waals surface area contributed by atoms with E-state index in [0.29, 0.717) is 5.95 Å². The van der Waals surface area contributed by atoms with Crippen molar-refractivity contribution in [1.29, 1.82) is 0 Å². The Hall–Kier alpha value is -1.98. The molecule has 0 amide bonds. The third kappa shape index (κ3) is 4.47. The number of aliphatic hydroxyl groups is 1. The molecule has 0 saturated heterocycles. The zero-order valence-corrected chi connectivity index (χ0v) is 16.1.